The summed E-state index contributed by atoms with van der Waals surface area (Å²) in [6.45, 7) is -1.03. The molecule has 1 saturated carbocycles. The second-order valence-electron chi connectivity index (χ2n) is 5.88. The number of nitrogens with zero attached hydrogens (tertiary/aromatic N) is 1. The lowest BCUT2D eigenvalue weighted by Crippen LogP contribution is -2.39. The molecule has 4 nitrogen and oxygen atoms in total. The van der Waals surface area contributed by atoms with Crippen molar-refractivity contribution in [2.24, 2.45) is 5.92 Å². The molecule has 0 saturated heterocycles. The summed E-state index contributed by atoms with van der Waals surface area (Å²) in [4.78, 5) is 12.8. The van der Waals surface area contributed by atoms with Crippen LogP contribution in [0.3, 0.4) is 0 Å². The van der Waals surface area contributed by atoms with E-state index in [4.69, 9.17) is 9.47 Å². The molecule has 1 aromatic rings. The summed E-state index contributed by atoms with van der Waals surface area (Å²) in [5.41, 5.74) is 0.826. The zero-order chi connectivity index (χ0) is 17.3. The molecule has 1 fully saturated rings. The average Bonchev–Trinajstić information content (AvgIpc) is 3.33. The second-order valence-corrected chi connectivity index (χ2v) is 5.88. The predicted molar refractivity (Wildman–Crippen MR) is 76.9 cm³/mol. The van der Waals surface area contributed by atoms with Crippen molar-refractivity contribution < 1.29 is 31.8 Å². The summed E-state index contributed by atoms with van der Waals surface area (Å²) < 4.78 is 61.0. The molecule has 0 N–H and O–H groups in total. The van der Waals surface area contributed by atoms with Gasteiger partial charge in [0.2, 0.25) is 5.91 Å². The van der Waals surface area contributed by atoms with Crippen molar-refractivity contribution in [1.82, 2.24) is 4.90 Å². The fourth-order valence-electron chi connectivity index (χ4n) is 2.95. The number of carbonyl (C=O) groups excluding carboxylic acids is 1. The molecule has 0 aromatic heterocycles. The van der Waals surface area contributed by atoms with Gasteiger partial charge in [-0.3, -0.25) is 4.79 Å². The van der Waals surface area contributed by atoms with Gasteiger partial charge in [-0.1, -0.05) is 6.07 Å². The van der Waals surface area contributed by atoms with E-state index in [0.29, 0.717) is 36.0 Å². The number of fused-ring (bicyclic) bond motifs is 1. The largest absolute Gasteiger partial charge is 0.486 e. The van der Waals surface area contributed by atoms with Gasteiger partial charge in [0.1, 0.15) is 13.2 Å². The van der Waals surface area contributed by atoms with Gasteiger partial charge in [0, 0.05) is 5.92 Å². The molecule has 1 heterocycles. The van der Waals surface area contributed by atoms with Crippen LogP contribution in [0.15, 0.2) is 18.2 Å². The molecule has 2 atom stereocenters. The van der Waals surface area contributed by atoms with Crippen molar-refractivity contribution in [2.45, 2.75) is 25.2 Å². The molecule has 2 unspecified atom stereocenters. The minimum absolute atomic E-state index is 0.161. The zero-order valence-corrected chi connectivity index (χ0v) is 12.8. The van der Waals surface area contributed by atoms with E-state index in [1.165, 1.54) is 0 Å². The normalized spacial score (nSPS) is 21.9. The molecule has 1 aliphatic carbocycles. The van der Waals surface area contributed by atoms with E-state index in [9.17, 15) is 22.4 Å². The molecule has 2 aliphatic rings. The fraction of sp³-hybridized carbons (Fsp3) is 0.562. The summed E-state index contributed by atoms with van der Waals surface area (Å²) in [5, 5.41) is 0. The quantitative estimate of drug-likeness (QED) is 0.743. The van der Waals surface area contributed by atoms with Gasteiger partial charge in [-0.15, -0.1) is 0 Å². The van der Waals surface area contributed by atoms with Crippen molar-refractivity contribution in [3.05, 3.63) is 23.8 Å². The topological polar surface area (TPSA) is 38.8 Å². The predicted octanol–water partition coefficient (Wildman–Crippen LogP) is 2.92. The molecule has 1 aliphatic heterocycles. The lowest BCUT2D eigenvalue weighted by molar-refractivity contribution is -0.136. The Bertz CT molecular complexity index is 601. The molecule has 8 heteroatoms. The first-order chi connectivity index (χ1) is 11.5. The van der Waals surface area contributed by atoms with Crippen molar-refractivity contribution in [2.75, 3.05) is 26.3 Å². The summed E-state index contributed by atoms with van der Waals surface area (Å²) >= 11 is 0. The molecule has 1 aromatic carbocycles. The highest BCUT2D eigenvalue weighted by atomic mass is 19.3. The van der Waals surface area contributed by atoms with Crippen LogP contribution >= 0.6 is 0 Å². The minimum atomic E-state index is -2.83. The van der Waals surface area contributed by atoms with Gasteiger partial charge in [0.15, 0.2) is 11.5 Å². The number of ether oxygens (including phenoxy) is 2. The third-order valence-corrected chi connectivity index (χ3v) is 4.13. The van der Waals surface area contributed by atoms with Crippen molar-refractivity contribution in [3.8, 4) is 11.5 Å². The van der Waals surface area contributed by atoms with Crippen LogP contribution in [0.5, 0.6) is 11.5 Å². The van der Waals surface area contributed by atoms with E-state index in [2.05, 4.69) is 0 Å². The SMILES string of the molecule is O=C(C1CC1c1ccc2c(c1)OCCO2)N(CC(F)F)CC(F)F. The van der Waals surface area contributed by atoms with Crippen LogP contribution in [-0.4, -0.2) is 50.0 Å². The number of benzene rings is 1. The van der Waals surface area contributed by atoms with Crippen LogP contribution in [-0.2, 0) is 4.79 Å². The van der Waals surface area contributed by atoms with Crippen molar-refractivity contribution >= 4 is 5.91 Å². The maximum Gasteiger partial charge on any atom is 0.255 e. The van der Waals surface area contributed by atoms with Crippen LogP contribution in [0, 0.1) is 5.92 Å². The summed E-state index contributed by atoms with van der Waals surface area (Å²) in [6.07, 6.45) is -5.21. The highest BCUT2D eigenvalue weighted by Crippen LogP contribution is 2.50. The standard InChI is InChI=1S/C16H17F4NO3/c17-14(18)7-21(8-15(19)20)16(22)11-6-10(11)9-1-2-12-13(5-9)24-4-3-23-12/h1-2,5,10-11,14-15H,3-4,6-8H2. The maximum atomic E-state index is 12.5. The molecule has 0 bridgehead atoms. The van der Waals surface area contributed by atoms with Crippen LogP contribution in [0.4, 0.5) is 17.6 Å². The van der Waals surface area contributed by atoms with Gasteiger partial charge in [0.25, 0.3) is 12.9 Å². The lowest BCUT2D eigenvalue weighted by atomic mass is 10.1. The Balaban J connectivity index is 1.67. The summed E-state index contributed by atoms with van der Waals surface area (Å²) in [7, 11) is 0. The average molecular weight is 347 g/mol. The molecule has 1 amide bonds. The van der Waals surface area contributed by atoms with E-state index in [-0.39, 0.29) is 5.92 Å². The molecule has 132 valence electrons. The van der Waals surface area contributed by atoms with Gasteiger partial charge >= 0.3 is 0 Å². The van der Waals surface area contributed by atoms with Crippen molar-refractivity contribution in [3.63, 3.8) is 0 Å². The van der Waals surface area contributed by atoms with Crippen molar-refractivity contribution in [1.29, 1.82) is 0 Å². The Morgan fingerprint density at radius 3 is 2.33 bits per heavy atom. The maximum absolute atomic E-state index is 12.5. The third-order valence-electron chi connectivity index (χ3n) is 4.13. The number of amides is 1. The molecular formula is C16H17F4NO3. The van der Waals surface area contributed by atoms with E-state index >= 15 is 0 Å². The molecular weight excluding hydrogens is 330 g/mol. The number of rotatable bonds is 6. The second kappa shape index (κ2) is 6.86. The molecule has 0 spiro atoms. The zero-order valence-electron chi connectivity index (χ0n) is 12.8. The Kier molecular flexibility index (Phi) is 4.82. The van der Waals surface area contributed by atoms with Crippen LogP contribution in [0.25, 0.3) is 0 Å². The highest BCUT2D eigenvalue weighted by Gasteiger charge is 2.46. The minimum Gasteiger partial charge on any atom is -0.486 e. The van der Waals surface area contributed by atoms with Gasteiger partial charge in [-0.2, -0.15) is 0 Å². The highest BCUT2D eigenvalue weighted by molar-refractivity contribution is 5.83. The molecule has 0 radical (unpaired) electrons. The summed E-state index contributed by atoms with van der Waals surface area (Å²) in [5.74, 6) is -0.147. The monoisotopic (exact) mass is 347 g/mol. The first-order valence-electron chi connectivity index (χ1n) is 7.70. The van der Waals surface area contributed by atoms with E-state index in [1.54, 1.807) is 18.2 Å². The van der Waals surface area contributed by atoms with E-state index < -0.39 is 37.8 Å². The number of halogens is 4. The smallest absolute Gasteiger partial charge is 0.255 e. The number of alkyl halides is 4. The summed E-state index contributed by atoms with van der Waals surface area (Å²) in [6, 6.07) is 5.28. The van der Waals surface area contributed by atoms with Crippen LogP contribution in [0.2, 0.25) is 0 Å². The van der Waals surface area contributed by atoms with Gasteiger partial charge < -0.3 is 14.4 Å². The Hall–Kier alpha value is -1.99. The molecule has 24 heavy (non-hydrogen) atoms. The van der Waals surface area contributed by atoms with Crippen LogP contribution in [0.1, 0.15) is 17.9 Å². The Morgan fingerprint density at radius 1 is 1.08 bits per heavy atom. The van der Waals surface area contributed by atoms with E-state index in [0.717, 1.165) is 5.56 Å². The lowest BCUT2D eigenvalue weighted by Gasteiger charge is -2.22. The van der Waals surface area contributed by atoms with Gasteiger partial charge in [-0.05, 0) is 30.0 Å². The number of carbonyl (C=O) groups is 1. The number of hydrogen-bond donors (Lipinski definition) is 0. The van der Waals surface area contributed by atoms with Gasteiger partial charge in [0.05, 0.1) is 13.1 Å². The number of hydrogen-bond acceptors (Lipinski definition) is 3. The molecule has 3 rings (SSSR count). The van der Waals surface area contributed by atoms with Crippen LogP contribution < -0.4 is 9.47 Å². The Labute approximate surface area is 136 Å². The Morgan fingerprint density at radius 2 is 1.71 bits per heavy atom. The first kappa shape index (κ1) is 16.9. The first-order valence-corrected chi connectivity index (χ1v) is 7.70. The third kappa shape index (κ3) is 3.73. The van der Waals surface area contributed by atoms with Gasteiger partial charge in [-0.25, -0.2) is 17.6 Å². The fourth-order valence-corrected chi connectivity index (χ4v) is 2.95. The van der Waals surface area contributed by atoms with E-state index in [1.807, 2.05) is 0 Å².